The lowest BCUT2D eigenvalue weighted by Crippen LogP contribution is -2.06. The number of hydrogen-bond acceptors (Lipinski definition) is 3. The summed E-state index contributed by atoms with van der Waals surface area (Å²) in [5.41, 5.74) is 6.17. The zero-order valence-corrected chi connectivity index (χ0v) is 12.2. The Morgan fingerprint density at radius 1 is 1.16 bits per heavy atom. The molecule has 0 unspecified atom stereocenters. The number of anilines is 1. The van der Waals surface area contributed by atoms with Crippen LogP contribution in [0.2, 0.25) is 0 Å². The Morgan fingerprint density at radius 2 is 1.84 bits per heavy atom. The normalized spacial score (nSPS) is 11.5. The van der Waals surface area contributed by atoms with E-state index in [9.17, 15) is 12.8 Å². The van der Waals surface area contributed by atoms with E-state index in [1.54, 1.807) is 24.3 Å². The summed E-state index contributed by atoms with van der Waals surface area (Å²) in [6.45, 7) is 0. The maximum absolute atomic E-state index is 13.2. The van der Waals surface area contributed by atoms with Gasteiger partial charge in [0.2, 0.25) is 0 Å². The van der Waals surface area contributed by atoms with Crippen molar-refractivity contribution in [2.24, 2.45) is 0 Å². The summed E-state index contributed by atoms with van der Waals surface area (Å²) in [6, 6.07) is 10.3. The number of nitrogen functional groups attached to an aromatic ring is 1. The van der Waals surface area contributed by atoms with Crippen molar-refractivity contribution in [1.29, 1.82) is 0 Å². The summed E-state index contributed by atoms with van der Waals surface area (Å²) in [5, 5.41) is 0. The molecular weight excluding hydrogens is 333 g/mol. The van der Waals surface area contributed by atoms with E-state index in [1.165, 1.54) is 6.07 Å². The predicted molar refractivity (Wildman–Crippen MR) is 75.8 cm³/mol. The topological polar surface area (TPSA) is 60.2 Å². The minimum atomic E-state index is -3.63. The quantitative estimate of drug-likeness (QED) is 0.871. The van der Waals surface area contributed by atoms with Gasteiger partial charge in [0.15, 0.2) is 9.84 Å². The van der Waals surface area contributed by atoms with E-state index in [1.807, 2.05) is 0 Å². The summed E-state index contributed by atoms with van der Waals surface area (Å²) in [4.78, 5) is -0.110. The van der Waals surface area contributed by atoms with Gasteiger partial charge in [0.1, 0.15) is 5.82 Å². The highest BCUT2D eigenvalue weighted by Gasteiger charge is 2.18. The summed E-state index contributed by atoms with van der Waals surface area (Å²) in [7, 11) is -3.63. The molecule has 0 aliphatic carbocycles. The van der Waals surface area contributed by atoms with Crippen molar-refractivity contribution in [3.05, 3.63) is 58.3 Å². The van der Waals surface area contributed by atoms with Crippen LogP contribution in [0.4, 0.5) is 10.1 Å². The van der Waals surface area contributed by atoms with Crippen molar-refractivity contribution in [3.8, 4) is 0 Å². The SMILES string of the molecule is Nc1cc(F)cc(S(=O)(=O)Cc2ccccc2Br)c1. The van der Waals surface area contributed by atoms with Crippen LogP contribution in [0, 0.1) is 5.82 Å². The zero-order valence-electron chi connectivity index (χ0n) is 9.81. The minimum Gasteiger partial charge on any atom is -0.399 e. The third kappa shape index (κ3) is 3.33. The number of sulfone groups is 1. The van der Waals surface area contributed by atoms with Crippen LogP contribution in [0.25, 0.3) is 0 Å². The fraction of sp³-hybridized carbons (Fsp3) is 0.0769. The molecule has 0 heterocycles. The van der Waals surface area contributed by atoms with E-state index in [0.29, 0.717) is 10.0 Å². The summed E-state index contributed by atoms with van der Waals surface area (Å²) >= 11 is 3.29. The molecule has 0 amide bonds. The molecule has 0 saturated heterocycles. The van der Waals surface area contributed by atoms with E-state index in [0.717, 1.165) is 12.1 Å². The lowest BCUT2D eigenvalue weighted by molar-refractivity contribution is 0.590. The van der Waals surface area contributed by atoms with Crippen LogP contribution >= 0.6 is 15.9 Å². The minimum absolute atomic E-state index is 0.0886. The fourth-order valence-corrected chi connectivity index (χ4v) is 3.71. The van der Waals surface area contributed by atoms with Gasteiger partial charge in [0.25, 0.3) is 0 Å². The lowest BCUT2D eigenvalue weighted by atomic mass is 10.2. The molecular formula is C13H11BrFNO2S. The van der Waals surface area contributed by atoms with Gasteiger partial charge in [-0.1, -0.05) is 34.1 Å². The zero-order chi connectivity index (χ0) is 14.0. The van der Waals surface area contributed by atoms with Crippen LogP contribution in [-0.2, 0) is 15.6 Å². The third-order valence-corrected chi connectivity index (χ3v) is 4.97. The Labute approximate surface area is 119 Å². The standard InChI is InChI=1S/C13H11BrFNO2S/c14-13-4-2-1-3-9(13)8-19(17,18)12-6-10(15)5-11(16)7-12/h1-7H,8,16H2. The molecule has 0 spiro atoms. The van der Waals surface area contributed by atoms with Gasteiger partial charge in [-0.2, -0.15) is 0 Å². The smallest absolute Gasteiger partial charge is 0.182 e. The predicted octanol–water partition coefficient (Wildman–Crippen LogP) is 3.14. The van der Waals surface area contributed by atoms with E-state index in [2.05, 4.69) is 15.9 Å². The summed E-state index contributed by atoms with van der Waals surface area (Å²) in [6.07, 6.45) is 0. The Kier molecular flexibility index (Phi) is 3.91. The van der Waals surface area contributed by atoms with Gasteiger partial charge in [-0.25, -0.2) is 12.8 Å². The molecule has 2 aromatic carbocycles. The molecule has 19 heavy (non-hydrogen) atoms. The average Bonchev–Trinajstić information content (AvgIpc) is 2.31. The second-order valence-corrected chi connectivity index (χ2v) is 6.91. The van der Waals surface area contributed by atoms with E-state index < -0.39 is 15.7 Å². The molecule has 0 aliphatic heterocycles. The van der Waals surface area contributed by atoms with Crippen LogP contribution in [0.1, 0.15) is 5.56 Å². The number of halogens is 2. The maximum Gasteiger partial charge on any atom is 0.182 e. The van der Waals surface area contributed by atoms with E-state index in [4.69, 9.17) is 5.73 Å². The van der Waals surface area contributed by atoms with E-state index in [-0.39, 0.29) is 16.3 Å². The van der Waals surface area contributed by atoms with Crippen LogP contribution < -0.4 is 5.73 Å². The molecule has 3 nitrogen and oxygen atoms in total. The van der Waals surface area contributed by atoms with Crippen LogP contribution in [0.3, 0.4) is 0 Å². The van der Waals surface area contributed by atoms with Gasteiger partial charge < -0.3 is 5.73 Å². The van der Waals surface area contributed by atoms with Gasteiger partial charge in [-0.15, -0.1) is 0 Å². The van der Waals surface area contributed by atoms with Crippen molar-refractivity contribution in [2.75, 3.05) is 5.73 Å². The third-order valence-electron chi connectivity index (χ3n) is 2.56. The molecule has 2 aromatic rings. The highest BCUT2D eigenvalue weighted by atomic mass is 79.9. The molecule has 0 radical (unpaired) electrons. The largest absolute Gasteiger partial charge is 0.399 e. The summed E-state index contributed by atoms with van der Waals surface area (Å²) < 4.78 is 38.4. The van der Waals surface area contributed by atoms with Gasteiger partial charge >= 0.3 is 0 Å². The second-order valence-electron chi connectivity index (χ2n) is 4.07. The first kappa shape index (κ1) is 14.0. The van der Waals surface area contributed by atoms with Crippen LogP contribution in [0.15, 0.2) is 51.8 Å². The molecule has 6 heteroatoms. The Hall–Kier alpha value is -1.40. The molecule has 0 fully saturated rings. The molecule has 0 saturated carbocycles. The van der Waals surface area contributed by atoms with Crippen molar-refractivity contribution >= 4 is 31.5 Å². The number of rotatable bonds is 3. The first-order valence-electron chi connectivity index (χ1n) is 5.41. The summed E-state index contributed by atoms with van der Waals surface area (Å²) in [5.74, 6) is -0.872. The van der Waals surface area contributed by atoms with E-state index >= 15 is 0 Å². The lowest BCUT2D eigenvalue weighted by Gasteiger charge is -2.07. The van der Waals surface area contributed by atoms with Crippen molar-refractivity contribution < 1.29 is 12.8 Å². The molecule has 2 rings (SSSR count). The number of benzene rings is 2. The first-order chi connectivity index (χ1) is 8.88. The van der Waals surface area contributed by atoms with Crippen molar-refractivity contribution in [1.82, 2.24) is 0 Å². The molecule has 0 aliphatic rings. The highest BCUT2D eigenvalue weighted by Crippen LogP contribution is 2.24. The Morgan fingerprint density at radius 3 is 2.47 bits per heavy atom. The van der Waals surface area contributed by atoms with Gasteiger partial charge in [0, 0.05) is 10.2 Å². The molecule has 0 bridgehead atoms. The van der Waals surface area contributed by atoms with Crippen molar-refractivity contribution in [2.45, 2.75) is 10.6 Å². The Balaban J connectivity index is 2.41. The molecule has 100 valence electrons. The molecule has 2 N–H and O–H groups in total. The van der Waals surface area contributed by atoms with Crippen molar-refractivity contribution in [3.63, 3.8) is 0 Å². The fourth-order valence-electron chi connectivity index (χ4n) is 1.67. The second kappa shape index (κ2) is 5.30. The van der Waals surface area contributed by atoms with Crippen LogP contribution in [-0.4, -0.2) is 8.42 Å². The van der Waals surface area contributed by atoms with Gasteiger partial charge in [-0.05, 0) is 29.8 Å². The highest BCUT2D eigenvalue weighted by molar-refractivity contribution is 9.10. The number of hydrogen-bond donors (Lipinski definition) is 1. The number of nitrogens with two attached hydrogens (primary N) is 1. The van der Waals surface area contributed by atoms with Gasteiger partial charge in [0.05, 0.1) is 10.6 Å². The maximum atomic E-state index is 13.2. The molecule has 0 aromatic heterocycles. The molecule has 0 atom stereocenters. The van der Waals surface area contributed by atoms with Gasteiger partial charge in [-0.3, -0.25) is 0 Å². The van der Waals surface area contributed by atoms with Crippen LogP contribution in [0.5, 0.6) is 0 Å². The Bertz CT molecular complexity index is 696. The average molecular weight is 344 g/mol. The first-order valence-corrected chi connectivity index (χ1v) is 7.85. The monoisotopic (exact) mass is 343 g/mol.